The Labute approximate surface area is 76.9 Å². The van der Waals surface area contributed by atoms with E-state index in [4.69, 9.17) is 4.84 Å². The molecule has 0 aromatic rings. The van der Waals surface area contributed by atoms with Gasteiger partial charge in [0.1, 0.15) is 5.94 Å². The summed E-state index contributed by atoms with van der Waals surface area (Å²) in [4.78, 5) is 15.4. The zero-order valence-electron chi connectivity index (χ0n) is 7.63. The van der Waals surface area contributed by atoms with Gasteiger partial charge in [-0.05, 0) is 6.08 Å². The second-order valence-electron chi connectivity index (χ2n) is 2.53. The Kier molecular flexibility index (Phi) is 3.46. The lowest BCUT2D eigenvalue weighted by Gasteiger charge is -2.19. The molecule has 0 heterocycles. The van der Waals surface area contributed by atoms with Gasteiger partial charge in [-0.15, -0.1) is 0 Å². The topological polar surface area (TPSA) is 50.4 Å². The van der Waals surface area contributed by atoms with Crippen molar-refractivity contribution in [3.8, 4) is 0 Å². The summed E-state index contributed by atoms with van der Waals surface area (Å²) in [5.41, 5.74) is 3.96. The van der Waals surface area contributed by atoms with Crippen LogP contribution in [-0.4, -0.2) is 26.1 Å². The predicted octanol–water partition coefficient (Wildman–Crippen LogP) is -0.0629. The maximum absolute atomic E-state index is 10.6. The van der Waals surface area contributed by atoms with Crippen LogP contribution in [0.2, 0.25) is 0 Å². The van der Waals surface area contributed by atoms with Crippen molar-refractivity contribution in [1.29, 1.82) is 0 Å². The highest BCUT2D eigenvalue weighted by Gasteiger charge is 2.17. The quantitative estimate of drug-likeness (QED) is 0.472. The van der Waals surface area contributed by atoms with Crippen LogP contribution in [0.3, 0.4) is 0 Å². The minimum atomic E-state index is -0.227. The number of allylic oxidation sites excluding steroid dienone is 2. The van der Waals surface area contributed by atoms with Crippen molar-refractivity contribution >= 4 is 5.94 Å². The van der Waals surface area contributed by atoms with Gasteiger partial charge in [-0.3, -0.25) is 0 Å². The van der Waals surface area contributed by atoms with Crippen LogP contribution in [0.5, 0.6) is 0 Å². The molecular weight excluding hydrogens is 168 g/mol. The molecule has 13 heavy (non-hydrogen) atoms. The Hall–Kier alpha value is -1.35. The molecule has 4 heteroatoms. The molecule has 0 fully saturated rings. The highest BCUT2D eigenvalue weighted by Crippen LogP contribution is 2.14. The fourth-order valence-electron chi connectivity index (χ4n) is 1.18. The average molecular weight is 180 g/mol. The van der Waals surface area contributed by atoms with Crippen molar-refractivity contribution in [2.75, 3.05) is 14.2 Å². The second-order valence-corrected chi connectivity index (χ2v) is 2.53. The molecule has 0 saturated heterocycles. The second kappa shape index (κ2) is 4.62. The first-order valence-corrected chi connectivity index (χ1v) is 3.93. The van der Waals surface area contributed by atoms with E-state index in [1.165, 1.54) is 7.11 Å². The molecule has 0 amide bonds. The van der Waals surface area contributed by atoms with Crippen LogP contribution in [-0.2, 0) is 9.63 Å². The summed E-state index contributed by atoms with van der Waals surface area (Å²) in [7, 11) is 3.26. The Morgan fingerprint density at radius 2 is 2.38 bits per heavy atom. The van der Waals surface area contributed by atoms with Crippen molar-refractivity contribution in [1.82, 2.24) is 10.8 Å². The van der Waals surface area contributed by atoms with Crippen LogP contribution in [0.1, 0.15) is 0 Å². The van der Waals surface area contributed by atoms with Gasteiger partial charge in [-0.1, -0.05) is 12.2 Å². The van der Waals surface area contributed by atoms with Crippen LogP contribution in [0.15, 0.2) is 29.5 Å². The third-order valence-corrected chi connectivity index (χ3v) is 1.79. The molecule has 0 aliphatic heterocycles. The first-order valence-electron chi connectivity index (χ1n) is 3.93. The molecule has 1 rings (SSSR count). The number of hydrogen-bond donors (Lipinski definition) is 2. The van der Waals surface area contributed by atoms with Crippen molar-refractivity contribution < 1.29 is 9.63 Å². The first-order chi connectivity index (χ1) is 6.33. The minimum Gasteiger partial charge on any atom is -0.387 e. The van der Waals surface area contributed by atoms with Crippen LogP contribution < -0.4 is 10.8 Å². The molecule has 2 N–H and O–H groups in total. The van der Waals surface area contributed by atoms with Gasteiger partial charge in [0, 0.05) is 7.05 Å². The molecule has 1 unspecified atom stereocenters. The zero-order valence-corrected chi connectivity index (χ0v) is 7.63. The summed E-state index contributed by atoms with van der Waals surface area (Å²) in [6.07, 6.45) is 5.49. The molecule has 0 spiro atoms. The van der Waals surface area contributed by atoms with E-state index >= 15 is 0 Å². The first kappa shape index (κ1) is 9.74. The molecule has 0 aromatic heterocycles. The largest absolute Gasteiger partial charge is 0.387 e. The fourth-order valence-corrected chi connectivity index (χ4v) is 1.18. The molecule has 0 radical (unpaired) electrons. The van der Waals surface area contributed by atoms with Gasteiger partial charge in [0.15, 0.2) is 0 Å². The van der Waals surface area contributed by atoms with Crippen LogP contribution in [0, 0.1) is 0 Å². The highest BCUT2D eigenvalue weighted by molar-refractivity contribution is 5.65. The monoisotopic (exact) mass is 180 g/mol. The normalized spacial score (nSPS) is 20.9. The summed E-state index contributed by atoms with van der Waals surface area (Å²) in [6.45, 7) is 0. The number of likely N-dealkylation sites (N-methyl/N-ethyl adjacent to an activating group) is 1. The van der Waals surface area contributed by atoms with Gasteiger partial charge in [0.25, 0.3) is 0 Å². The Morgan fingerprint density at radius 3 is 2.92 bits per heavy atom. The standard InChI is InChI=1S/C9H12N2O2/c1-10-8-4-3-5-9(11-13-2)7(8)6-12/h3-5,9-11H,1-2H3. The molecule has 0 saturated carbocycles. The molecule has 0 bridgehead atoms. The Morgan fingerprint density at radius 1 is 1.62 bits per heavy atom. The number of hydroxylamine groups is 1. The summed E-state index contributed by atoms with van der Waals surface area (Å²) in [6, 6.07) is -0.227. The smallest absolute Gasteiger partial charge is 0.132 e. The summed E-state index contributed by atoms with van der Waals surface area (Å²) in [5.74, 6) is 1.88. The van der Waals surface area contributed by atoms with E-state index in [9.17, 15) is 4.79 Å². The van der Waals surface area contributed by atoms with Crippen molar-refractivity contribution in [2.24, 2.45) is 0 Å². The molecular formula is C9H12N2O2. The van der Waals surface area contributed by atoms with Gasteiger partial charge < -0.3 is 10.2 Å². The van der Waals surface area contributed by atoms with E-state index < -0.39 is 0 Å². The SMILES string of the molecule is CNC1=CC=CC(NOC)C1=C=O. The lowest BCUT2D eigenvalue weighted by Crippen LogP contribution is -2.32. The molecule has 1 aliphatic rings. The van der Waals surface area contributed by atoms with Crippen LogP contribution >= 0.6 is 0 Å². The molecule has 0 aromatic carbocycles. The third kappa shape index (κ3) is 2.06. The predicted molar refractivity (Wildman–Crippen MR) is 49.4 cm³/mol. The van der Waals surface area contributed by atoms with Gasteiger partial charge in [0.2, 0.25) is 0 Å². The third-order valence-electron chi connectivity index (χ3n) is 1.79. The summed E-state index contributed by atoms with van der Waals surface area (Å²) >= 11 is 0. The van der Waals surface area contributed by atoms with Crippen LogP contribution in [0.25, 0.3) is 0 Å². The zero-order chi connectivity index (χ0) is 9.68. The van der Waals surface area contributed by atoms with Gasteiger partial charge in [0.05, 0.1) is 24.4 Å². The maximum atomic E-state index is 10.6. The molecule has 70 valence electrons. The number of nitrogens with one attached hydrogen (secondary N) is 2. The van der Waals surface area contributed by atoms with Gasteiger partial charge in [-0.25, -0.2) is 4.79 Å². The van der Waals surface area contributed by atoms with Crippen molar-refractivity contribution in [3.05, 3.63) is 29.5 Å². The molecule has 1 aliphatic carbocycles. The highest BCUT2D eigenvalue weighted by atomic mass is 16.6. The van der Waals surface area contributed by atoms with E-state index in [1.54, 1.807) is 7.05 Å². The van der Waals surface area contributed by atoms with E-state index in [1.807, 2.05) is 24.2 Å². The minimum absolute atomic E-state index is 0.227. The van der Waals surface area contributed by atoms with E-state index in [-0.39, 0.29) is 6.04 Å². The number of carbonyl (C=O) groups excluding carboxylic acids is 1. The van der Waals surface area contributed by atoms with E-state index in [0.717, 1.165) is 5.70 Å². The summed E-state index contributed by atoms with van der Waals surface area (Å²) < 4.78 is 0. The number of rotatable bonds is 3. The average Bonchev–Trinajstić information content (AvgIpc) is 2.18. The van der Waals surface area contributed by atoms with Crippen molar-refractivity contribution in [2.45, 2.75) is 6.04 Å². The number of hydrogen-bond acceptors (Lipinski definition) is 4. The lowest BCUT2D eigenvalue weighted by molar-refractivity contribution is 0.0825. The van der Waals surface area contributed by atoms with E-state index in [0.29, 0.717) is 5.57 Å². The Bertz CT molecular complexity index is 288. The van der Waals surface area contributed by atoms with E-state index in [2.05, 4.69) is 10.8 Å². The maximum Gasteiger partial charge on any atom is 0.132 e. The summed E-state index contributed by atoms with van der Waals surface area (Å²) in [5, 5.41) is 2.91. The Balaban J connectivity index is 2.87. The lowest BCUT2D eigenvalue weighted by atomic mass is 10.0. The fraction of sp³-hybridized carbons (Fsp3) is 0.333. The molecule has 1 atom stereocenters. The van der Waals surface area contributed by atoms with Crippen LogP contribution in [0.4, 0.5) is 0 Å². The van der Waals surface area contributed by atoms with Gasteiger partial charge >= 0.3 is 0 Å². The molecule has 4 nitrogen and oxygen atoms in total. The van der Waals surface area contributed by atoms with Gasteiger partial charge in [-0.2, -0.15) is 5.48 Å². The van der Waals surface area contributed by atoms with Crippen molar-refractivity contribution in [3.63, 3.8) is 0 Å².